The standard InChI is InChI=1S/C17H19N3O4S/c1-12(20(25(2,23)24)13-8-4-3-5-9-13)17(22)19-15-11-7-6-10-14(15)16(18)21/h3-12H,1-2H3,(H2,18,21)(H,19,22)/t12-/m1/s1. The number of carbonyl (C=O) groups excluding carboxylic acids is 2. The summed E-state index contributed by atoms with van der Waals surface area (Å²) in [5.41, 5.74) is 6.04. The molecule has 1 atom stereocenters. The Hall–Kier alpha value is -2.87. The second-order valence-corrected chi connectivity index (χ2v) is 7.33. The van der Waals surface area contributed by atoms with Crippen LogP contribution in [0.5, 0.6) is 0 Å². The van der Waals surface area contributed by atoms with Crippen LogP contribution in [-0.2, 0) is 14.8 Å². The molecule has 0 unspecified atom stereocenters. The van der Waals surface area contributed by atoms with E-state index < -0.39 is 27.9 Å². The minimum absolute atomic E-state index is 0.147. The summed E-state index contributed by atoms with van der Waals surface area (Å²) in [6.45, 7) is 1.47. The molecular weight excluding hydrogens is 342 g/mol. The predicted molar refractivity (Wildman–Crippen MR) is 96.8 cm³/mol. The van der Waals surface area contributed by atoms with Crippen molar-refractivity contribution in [2.45, 2.75) is 13.0 Å². The number of sulfonamides is 1. The first kappa shape index (κ1) is 18.5. The molecule has 0 radical (unpaired) electrons. The summed E-state index contributed by atoms with van der Waals surface area (Å²) in [5, 5.41) is 2.57. The number of nitrogens with two attached hydrogens (primary N) is 1. The van der Waals surface area contributed by atoms with Crippen LogP contribution in [0.15, 0.2) is 54.6 Å². The Kier molecular flexibility index (Phi) is 5.43. The number of hydrogen-bond donors (Lipinski definition) is 2. The van der Waals surface area contributed by atoms with E-state index in [1.165, 1.54) is 19.1 Å². The number of benzene rings is 2. The Morgan fingerprint density at radius 1 is 1.04 bits per heavy atom. The van der Waals surface area contributed by atoms with Gasteiger partial charge in [-0.2, -0.15) is 0 Å². The fourth-order valence-electron chi connectivity index (χ4n) is 2.43. The maximum atomic E-state index is 12.6. The van der Waals surface area contributed by atoms with Gasteiger partial charge in [-0.15, -0.1) is 0 Å². The van der Waals surface area contributed by atoms with Gasteiger partial charge in [-0.3, -0.25) is 13.9 Å². The first-order valence-corrected chi connectivity index (χ1v) is 9.31. The summed E-state index contributed by atoms with van der Waals surface area (Å²) in [6.07, 6.45) is 1.03. The van der Waals surface area contributed by atoms with E-state index in [2.05, 4.69) is 5.32 Å². The van der Waals surface area contributed by atoms with Gasteiger partial charge in [0.25, 0.3) is 5.91 Å². The Bertz CT molecular complexity index is 882. The maximum absolute atomic E-state index is 12.6. The average molecular weight is 361 g/mol. The van der Waals surface area contributed by atoms with Gasteiger partial charge < -0.3 is 11.1 Å². The summed E-state index contributed by atoms with van der Waals surface area (Å²) in [7, 11) is -3.70. The maximum Gasteiger partial charge on any atom is 0.250 e. The SMILES string of the molecule is C[C@H](C(=O)Nc1ccccc1C(N)=O)N(c1ccccc1)S(C)(=O)=O. The molecule has 0 aromatic heterocycles. The number of nitrogens with zero attached hydrogens (tertiary/aromatic N) is 1. The molecule has 0 heterocycles. The van der Waals surface area contributed by atoms with Crippen LogP contribution < -0.4 is 15.4 Å². The fraction of sp³-hybridized carbons (Fsp3) is 0.176. The largest absolute Gasteiger partial charge is 0.366 e. The zero-order chi connectivity index (χ0) is 18.6. The number of hydrogen-bond acceptors (Lipinski definition) is 4. The molecule has 132 valence electrons. The lowest BCUT2D eigenvalue weighted by Gasteiger charge is -2.28. The van der Waals surface area contributed by atoms with Crippen LogP contribution in [0.4, 0.5) is 11.4 Å². The predicted octanol–water partition coefficient (Wildman–Crippen LogP) is 1.58. The number of nitrogens with one attached hydrogen (secondary N) is 1. The van der Waals surface area contributed by atoms with Crippen LogP contribution in [0.1, 0.15) is 17.3 Å². The third-order valence-corrected chi connectivity index (χ3v) is 4.79. The molecule has 2 aromatic rings. The second kappa shape index (κ2) is 7.35. The molecule has 25 heavy (non-hydrogen) atoms. The molecule has 0 aliphatic heterocycles. The number of primary amides is 1. The Morgan fingerprint density at radius 3 is 2.16 bits per heavy atom. The van der Waals surface area contributed by atoms with E-state index in [0.717, 1.165) is 10.6 Å². The average Bonchev–Trinajstić information content (AvgIpc) is 2.55. The van der Waals surface area contributed by atoms with Crippen molar-refractivity contribution >= 4 is 33.2 Å². The number of amides is 2. The van der Waals surface area contributed by atoms with Gasteiger partial charge in [-0.25, -0.2) is 8.42 Å². The minimum atomic E-state index is -3.70. The van der Waals surface area contributed by atoms with Gasteiger partial charge >= 0.3 is 0 Å². The molecular formula is C17H19N3O4S. The quantitative estimate of drug-likeness (QED) is 0.814. The molecule has 0 spiro atoms. The monoisotopic (exact) mass is 361 g/mol. The van der Waals surface area contributed by atoms with Crippen LogP contribution in [-0.4, -0.2) is 32.5 Å². The van der Waals surface area contributed by atoms with Crippen LogP contribution in [0.2, 0.25) is 0 Å². The molecule has 2 rings (SSSR count). The Balaban J connectivity index is 2.33. The molecule has 3 N–H and O–H groups in total. The molecule has 0 fully saturated rings. The topological polar surface area (TPSA) is 110 Å². The van der Waals surface area contributed by atoms with E-state index in [9.17, 15) is 18.0 Å². The highest BCUT2D eigenvalue weighted by atomic mass is 32.2. The van der Waals surface area contributed by atoms with E-state index in [-0.39, 0.29) is 11.3 Å². The molecule has 0 bridgehead atoms. The molecule has 0 aliphatic rings. The molecule has 2 amide bonds. The zero-order valence-electron chi connectivity index (χ0n) is 13.8. The first-order valence-electron chi connectivity index (χ1n) is 7.46. The van der Waals surface area contributed by atoms with E-state index in [0.29, 0.717) is 5.69 Å². The summed E-state index contributed by atoms with van der Waals surface area (Å²) in [6, 6.07) is 13.5. The van der Waals surface area contributed by atoms with Crippen molar-refractivity contribution < 1.29 is 18.0 Å². The highest BCUT2D eigenvalue weighted by Gasteiger charge is 2.29. The van der Waals surface area contributed by atoms with E-state index in [1.807, 2.05) is 0 Å². The lowest BCUT2D eigenvalue weighted by Crippen LogP contribution is -2.45. The van der Waals surface area contributed by atoms with Gasteiger partial charge in [0, 0.05) is 0 Å². The number of rotatable bonds is 6. The zero-order valence-corrected chi connectivity index (χ0v) is 14.7. The van der Waals surface area contributed by atoms with E-state index in [1.54, 1.807) is 42.5 Å². The first-order chi connectivity index (χ1) is 11.7. The summed E-state index contributed by atoms with van der Waals surface area (Å²) >= 11 is 0. The summed E-state index contributed by atoms with van der Waals surface area (Å²) in [5.74, 6) is -1.27. The minimum Gasteiger partial charge on any atom is -0.366 e. The van der Waals surface area contributed by atoms with Crippen molar-refractivity contribution in [2.75, 3.05) is 15.9 Å². The van der Waals surface area contributed by atoms with E-state index >= 15 is 0 Å². The van der Waals surface area contributed by atoms with Crippen LogP contribution in [0, 0.1) is 0 Å². The Labute approximate surface area is 146 Å². The van der Waals surface area contributed by atoms with Crippen molar-refractivity contribution in [3.05, 3.63) is 60.2 Å². The number of para-hydroxylation sites is 2. The van der Waals surface area contributed by atoms with Crippen molar-refractivity contribution in [1.82, 2.24) is 0 Å². The van der Waals surface area contributed by atoms with E-state index in [4.69, 9.17) is 5.73 Å². The summed E-state index contributed by atoms with van der Waals surface area (Å²) < 4.78 is 25.4. The van der Waals surface area contributed by atoms with Crippen LogP contribution in [0.3, 0.4) is 0 Å². The van der Waals surface area contributed by atoms with Crippen molar-refractivity contribution in [3.63, 3.8) is 0 Å². The lowest BCUT2D eigenvalue weighted by atomic mass is 10.1. The van der Waals surface area contributed by atoms with Gasteiger partial charge in [-0.1, -0.05) is 30.3 Å². The second-order valence-electron chi connectivity index (χ2n) is 5.47. The summed E-state index contributed by atoms with van der Waals surface area (Å²) in [4.78, 5) is 24.0. The van der Waals surface area contributed by atoms with Crippen molar-refractivity contribution in [3.8, 4) is 0 Å². The molecule has 8 heteroatoms. The highest BCUT2D eigenvalue weighted by molar-refractivity contribution is 7.92. The third kappa shape index (κ3) is 4.36. The number of carbonyl (C=O) groups is 2. The van der Waals surface area contributed by atoms with Crippen molar-refractivity contribution in [1.29, 1.82) is 0 Å². The molecule has 0 aliphatic carbocycles. The molecule has 0 saturated heterocycles. The van der Waals surface area contributed by atoms with Gasteiger partial charge in [-0.05, 0) is 31.2 Å². The smallest absolute Gasteiger partial charge is 0.250 e. The fourth-order valence-corrected chi connectivity index (χ4v) is 3.60. The lowest BCUT2D eigenvalue weighted by molar-refractivity contribution is -0.116. The van der Waals surface area contributed by atoms with Crippen molar-refractivity contribution in [2.24, 2.45) is 5.73 Å². The van der Waals surface area contributed by atoms with Gasteiger partial charge in [0.15, 0.2) is 0 Å². The van der Waals surface area contributed by atoms with Crippen LogP contribution in [0.25, 0.3) is 0 Å². The Morgan fingerprint density at radius 2 is 1.60 bits per heavy atom. The van der Waals surface area contributed by atoms with Gasteiger partial charge in [0.1, 0.15) is 6.04 Å². The van der Waals surface area contributed by atoms with Crippen LogP contribution >= 0.6 is 0 Å². The normalized spacial score (nSPS) is 12.2. The molecule has 7 nitrogen and oxygen atoms in total. The van der Waals surface area contributed by atoms with Gasteiger partial charge in [0.05, 0.1) is 23.2 Å². The molecule has 0 saturated carbocycles. The highest BCUT2D eigenvalue weighted by Crippen LogP contribution is 2.22. The van der Waals surface area contributed by atoms with Gasteiger partial charge in [0.2, 0.25) is 15.9 Å². The number of anilines is 2. The third-order valence-electron chi connectivity index (χ3n) is 3.55. The molecule has 2 aromatic carbocycles.